The number of carbonyl (C=O) groups excluding carboxylic acids is 1. The van der Waals surface area contributed by atoms with Gasteiger partial charge in [0, 0.05) is 12.7 Å². The molecule has 2 amide bonds. The van der Waals surface area contributed by atoms with Gasteiger partial charge in [0.25, 0.3) is 0 Å². The third-order valence-corrected chi connectivity index (χ3v) is 4.20. The van der Waals surface area contributed by atoms with E-state index in [-0.39, 0.29) is 12.1 Å². The molecule has 1 aliphatic heterocycles. The number of carbonyl (C=O) groups is 1. The standard InChI is InChI=1S/C17H19N7O/c25-17(22-15-7-4-8-24-16(15)18-12-20-24)21-14-9-19-23(11-14)10-13-5-2-1-3-6-13/h1-3,5-6,9,11-12,15H,4,7-8,10H2,(H2,21,22,25). The molecule has 2 N–H and O–H groups in total. The number of aromatic nitrogens is 5. The zero-order valence-electron chi connectivity index (χ0n) is 13.7. The number of urea groups is 1. The van der Waals surface area contributed by atoms with E-state index in [0.717, 1.165) is 30.8 Å². The first-order chi connectivity index (χ1) is 12.3. The molecule has 2 aromatic heterocycles. The van der Waals surface area contributed by atoms with E-state index in [1.165, 1.54) is 6.33 Å². The van der Waals surface area contributed by atoms with Crippen molar-refractivity contribution >= 4 is 11.7 Å². The van der Waals surface area contributed by atoms with Crippen LogP contribution in [0.5, 0.6) is 0 Å². The van der Waals surface area contributed by atoms with Crippen LogP contribution in [-0.2, 0) is 13.1 Å². The van der Waals surface area contributed by atoms with Gasteiger partial charge in [0.2, 0.25) is 0 Å². The smallest absolute Gasteiger partial charge is 0.319 e. The maximum atomic E-state index is 12.3. The summed E-state index contributed by atoms with van der Waals surface area (Å²) in [6, 6.07) is 9.68. The normalized spacial score (nSPS) is 16.2. The Morgan fingerprint density at radius 2 is 2.12 bits per heavy atom. The van der Waals surface area contributed by atoms with Gasteiger partial charge in [-0.2, -0.15) is 10.2 Å². The molecule has 1 aliphatic rings. The Morgan fingerprint density at radius 1 is 1.24 bits per heavy atom. The van der Waals surface area contributed by atoms with Gasteiger partial charge in [-0.1, -0.05) is 30.3 Å². The maximum absolute atomic E-state index is 12.3. The number of hydrogen-bond donors (Lipinski definition) is 2. The lowest BCUT2D eigenvalue weighted by atomic mass is 10.1. The minimum absolute atomic E-state index is 0.115. The molecule has 1 atom stereocenters. The number of nitrogens with zero attached hydrogens (tertiary/aromatic N) is 5. The van der Waals surface area contributed by atoms with Gasteiger partial charge in [-0.05, 0) is 18.4 Å². The monoisotopic (exact) mass is 337 g/mol. The number of anilines is 1. The summed E-state index contributed by atoms with van der Waals surface area (Å²) in [5.41, 5.74) is 1.81. The van der Waals surface area contributed by atoms with Crippen LogP contribution >= 0.6 is 0 Å². The summed E-state index contributed by atoms with van der Waals surface area (Å²) < 4.78 is 3.63. The zero-order chi connectivity index (χ0) is 17.1. The Morgan fingerprint density at radius 3 is 3.00 bits per heavy atom. The number of fused-ring (bicyclic) bond motifs is 1. The molecule has 4 rings (SSSR count). The highest BCUT2D eigenvalue weighted by atomic mass is 16.2. The fourth-order valence-electron chi connectivity index (χ4n) is 3.04. The molecule has 8 nitrogen and oxygen atoms in total. The number of nitrogens with one attached hydrogen (secondary N) is 2. The molecule has 0 saturated carbocycles. The van der Waals surface area contributed by atoms with E-state index < -0.39 is 0 Å². The second kappa shape index (κ2) is 6.76. The molecule has 8 heteroatoms. The van der Waals surface area contributed by atoms with Crippen molar-refractivity contribution in [2.75, 3.05) is 5.32 Å². The van der Waals surface area contributed by atoms with Crippen LogP contribution < -0.4 is 10.6 Å². The van der Waals surface area contributed by atoms with Crippen LogP contribution in [0.15, 0.2) is 49.1 Å². The summed E-state index contributed by atoms with van der Waals surface area (Å²) in [5, 5.41) is 14.2. The highest BCUT2D eigenvalue weighted by Crippen LogP contribution is 2.22. The van der Waals surface area contributed by atoms with Gasteiger partial charge >= 0.3 is 6.03 Å². The van der Waals surface area contributed by atoms with Crippen molar-refractivity contribution in [1.29, 1.82) is 0 Å². The van der Waals surface area contributed by atoms with Crippen molar-refractivity contribution in [1.82, 2.24) is 29.9 Å². The van der Waals surface area contributed by atoms with Crippen LogP contribution in [0.4, 0.5) is 10.5 Å². The summed E-state index contributed by atoms with van der Waals surface area (Å²) in [6.45, 7) is 1.51. The molecule has 0 bridgehead atoms. The van der Waals surface area contributed by atoms with Gasteiger partial charge < -0.3 is 10.6 Å². The number of amides is 2. The summed E-state index contributed by atoms with van der Waals surface area (Å²) >= 11 is 0. The second-order valence-corrected chi connectivity index (χ2v) is 6.05. The van der Waals surface area contributed by atoms with Gasteiger partial charge in [0.05, 0.1) is 24.5 Å². The Bertz CT molecular complexity index is 855. The lowest BCUT2D eigenvalue weighted by Crippen LogP contribution is -2.36. The van der Waals surface area contributed by atoms with Gasteiger partial charge in [-0.25, -0.2) is 14.5 Å². The van der Waals surface area contributed by atoms with Crippen LogP contribution in [0.2, 0.25) is 0 Å². The number of benzene rings is 1. The average molecular weight is 337 g/mol. The van der Waals surface area contributed by atoms with Crippen LogP contribution in [-0.4, -0.2) is 30.6 Å². The molecule has 128 valence electrons. The molecule has 0 spiro atoms. The lowest BCUT2D eigenvalue weighted by Gasteiger charge is -2.23. The fraction of sp³-hybridized carbons (Fsp3) is 0.294. The Labute approximate surface area is 144 Å². The largest absolute Gasteiger partial charge is 0.328 e. The first-order valence-corrected chi connectivity index (χ1v) is 8.29. The Balaban J connectivity index is 1.36. The molecule has 1 unspecified atom stereocenters. The van der Waals surface area contributed by atoms with Crippen LogP contribution in [0.3, 0.4) is 0 Å². The molecular formula is C17H19N7O. The van der Waals surface area contributed by atoms with Crippen LogP contribution in [0.1, 0.15) is 30.3 Å². The predicted molar refractivity (Wildman–Crippen MR) is 91.9 cm³/mol. The van der Waals surface area contributed by atoms with Crippen molar-refractivity contribution in [2.24, 2.45) is 0 Å². The van der Waals surface area contributed by atoms with E-state index >= 15 is 0 Å². The van der Waals surface area contributed by atoms with Gasteiger partial charge in [0.1, 0.15) is 12.2 Å². The molecule has 1 aromatic carbocycles. The van der Waals surface area contributed by atoms with Crippen molar-refractivity contribution in [2.45, 2.75) is 32.0 Å². The zero-order valence-corrected chi connectivity index (χ0v) is 13.7. The quantitative estimate of drug-likeness (QED) is 0.763. The number of aryl methyl sites for hydroxylation is 1. The molecular weight excluding hydrogens is 318 g/mol. The Hall–Kier alpha value is -3.16. The van der Waals surface area contributed by atoms with Crippen LogP contribution in [0, 0.1) is 0 Å². The highest BCUT2D eigenvalue weighted by Gasteiger charge is 2.23. The third-order valence-electron chi connectivity index (χ3n) is 4.20. The minimum Gasteiger partial charge on any atom is -0.328 e. The van der Waals surface area contributed by atoms with Crippen molar-refractivity contribution in [3.05, 3.63) is 60.4 Å². The molecule has 3 aromatic rings. The summed E-state index contributed by atoms with van der Waals surface area (Å²) in [6.07, 6.45) is 6.82. The molecule has 0 fully saturated rings. The van der Waals surface area contributed by atoms with E-state index in [9.17, 15) is 4.79 Å². The van der Waals surface area contributed by atoms with Crippen molar-refractivity contribution < 1.29 is 4.79 Å². The minimum atomic E-state index is -0.263. The van der Waals surface area contributed by atoms with Gasteiger partial charge in [-0.3, -0.25) is 4.68 Å². The highest BCUT2D eigenvalue weighted by molar-refractivity contribution is 5.89. The van der Waals surface area contributed by atoms with E-state index in [1.807, 2.05) is 41.2 Å². The molecule has 0 radical (unpaired) electrons. The number of rotatable bonds is 4. The van der Waals surface area contributed by atoms with E-state index in [4.69, 9.17) is 0 Å². The lowest BCUT2D eigenvalue weighted by molar-refractivity contribution is 0.244. The topological polar surface area (TPSA) is 89.7 Å². The maximum Gasteiger partial charge on any atom is 0.319 e. The number of hydrogen-bond acceptors (Lipinski definition) is 4. The SMILES string of the molecule is O=C(Nc1cnn(Cc2ccccc2)c1)NC1CCCn2ncnc21. The molecule has 3 heterocycles. The van der Waals surface area contributed by atoms with Gasteiger partial charge in [-0.15, -0.1) is 0 Å². The fourth-order valence-corrected chi connectivity index (χ4v) is 3.04. The van der Waals surface area contributed by atoms with Crippen LogP contribution in [0.25, 0.3) is 0 Å². The second-order valence-electron chi connectivity index (χ2n) is 6.05. The average Bonchev–Trinajstić information content (AvgIpc) is 3.26. The molecule has 0 aliphatic carbocycles. The summed E-state index contributed by atoms with van der Waals surface area (Å²) in [5.74, 6) is 0.807. The first-order valence-electron chi connectivity index (χ1n) is 8.29. The van der Waals surface area contributed by atoms with E-state index in [1.54, 1.807) is 10.9 Å². The predicted octanol–water partition coefficient (Wildman–Crippen LogP) is 2.18. The van der Waals surface area contributed by atoms with E-state index in [0.29, 0.717) is 12.2 Å². The summed E-state index contributed by atoms with van der Waals surface area (Å²) in [4.78, 5) is 16.5. The first kappa shape index (κ1) is 15.4. The summed E-state index contributed by atoms with van der Waals surface area (Å²) in [7, 11) is 0. The van der Waals surface area contributed by atoms with E-state index in [2.05, 4.69) is 25.8 Å². The molecule has 0 saturated heterocycles. The van der Waals surface area contributed by atoms with Crippen molar-refractivity contribution in [3.63, 3.8) is 0 Å². The van der Waals surface area contributed by atoms with Crippen molar-refractivity contribution in [3.8, 4) is 0 Å². The molecule has 25 heavy (non-hydrogen) atoms. The third kappa shape index (κ3) is 3.52. The Kier molecular flexibility index (Phi) is 4.16. The van der Waals surface area contributed by atoms with Gasteiger partial charge in [0.15, 0.2) is 0 Å².